The Kier molecular flexibility index (Phi) is 4.50. The lowest BCUT2D eigenvalue weighted by Crippen LogP contribution is -2.16. The molecule has 0 bridgehead atoms. The molecule has 1 amide bonds. The minimum atomic E-state index is -0.808. The highest BCUT2D eigenvalue weighted by Crippen LogP contribution is 2.31. The zero-order valence-electron chi connectivity index (χ0n) is 12.2. The van der Waals surface area contributed by atoms with E-state index in [2.05, 4.69) is 10.5 Å². The van der Waals surface area contributed by atoms with E-state index in [-0.39, 0.29) is 16.5 Å². The van der Waals surface area contributed by atoms with Gasteiger partial charge in [0.2, 0.25) is 0 Å². The van der Waals surface area contributed by atoms with Gasteiger partial charge in [-0.1, -0.05) is 11.6 Å². The third-order valence-electron chi connectivity index (χ3n) is 3.60. The van der Waals surface area contributed by atoms with Gasteiger partial charge in [0, 0.05) is 16.0 Å². The van der Waals surface area contributed by atoms with Crippen LogP contribution in [0.5, 0.6) is 5.75 Å². The van der Waals surface area contributed by atoms with Crippen LogP contribution in [0, 0.1) is 10.1 Å². The molecule has 3 rings (SSSR count). The zero-order chi connectivity index (χ0) is 17.3. The number of thiophene rings is 1. The first kappa shape index (κ1) is 16.4. The lowest BCUT2D eigenvalue weighted by atomic mass is 10.2. The van der Waals surface area contributed by atoms with Crippen LogP contribution in [0.1, 0.15) is 32.1 Å². The van der Waals surface area contributed by atoms with E-state index in [4.69, 9.17) is 11.6 Å². The highest BCUT2D eigenvalue weighted by Gasteiger charge is 2.18. The molecule has 124 valence electrons. The van der Waals surface area contributed by atoms with Gasteiger partial charge in [-0.15, -0.1) is 11.3 Å². The number of amides is 1. The number of aryl methyl sites for hydroxylation is 2. The van der Waals surface area contributed by atoms with Gasteiger partial charge in [-0.2, -0.15) is 5.10 Å². The first-order valence-corrected chi connectivity index (χ1v) is 8.25. The molecule has 0 unspecified atom stereocenters. The molecule has 2 aromatic rings. The lowest BCUT2D eigenvalue weighted by molar-refractivity contribution is -0.398. The molecule has 0 radical (unpaired) electrons. The number of hydrazone groups is 1. The van der Waals surface area contributed by atoms with E-state index >= 15 is 0 Å². The van der Waals surface area contributed by atoms with Crippen LogP contribution in [0.15, 0.2) is 23.3 Å². The van der Waals surface area contributed by atoms with Gasteiger partial charge in [-0.25, -0.2) is 5.43 Å². The van der Waals surface area contributed by atoms with Gasteiger partial charge in [-0.05, 0) is 48.3 Å². The van der Waals surface area contributed by atoms with E-state index < -0.39 is 16.4 Å². The van der Waals surface area contributed by atoms with Gasteiger partial charge in [0.1, 0.15) is 0 Å². The molecule has 0 saturated heterocycles. The quantitative estimate of drug-likeness (QED) is 0.511. The summed E-state index contributed by atoms with van der Waals surface area (Å²) in [6, 6.07) is 4.08. The van der Waals surface area contributed by atoms with Crippen molar-refractivity contribution in [2.24, 2.45) is 5.10 Å². The molecule has 0 aliphatic heterocycles. The first-order chi connectivity index (χ1) is 11.5. The van der Waals surface area contributed by atoms with Crippen molar-refractivity contribution in [3.8, 4) is 5.75 Å². The largest absolute Gasteiger partial charge is 0.867 e. The maximum absolute atomic E-state index is 12.0. The molecule has 0 atom stereocenters. The summed E-state index contributed by atoms with van der Waals surface area (Å²) in [4.78, 5) is 23.8. The number of carbonyl (C=O) groups excluding carboxylic acids is 1. The van der Waals surface area contributed by atoms with Crippen LogP contribution in [0.3, 0.4) is 0 Å². The van der Waals surface area contributed by atoms with Crippen LogP contribution in [0.2, 0.25) is 5.02 Å². The lowest BCUT2D eigenvalue weighted by Gasteiger charge is -2.10. The number of fused-ring (bicyclic) bond motifs is 1. The van der Waals surface area contributed by atoms with Crippen molar-refractivity contribution in [3.63, 3.8) is 0 Å². The molecular weight excluding hydrogens is 354 g/mol. The second-order valence-electron chi connectivity index (χ2n) is 5.21. The summed E-state index contributed by atoms with van der Waals surface area (Å²) in [6.45, 7) is 0. The van der Waals surface area contributed by atoms with Crippen molar-refractivity contribution < 1.29 is 14.8 Å². The molecule has 1 aromatic heterocycles. The fraction of sp³-hybridized carbons (Fsp3) is 0.200. The van der Waals surface area contributed by atoms with Crippen LogP contribution in [0.4, 0.5) is 5.69 Å². The van der Waals surface area contributed by atoms with Crippen LogP contribution in [0.25, 0.3) is 0 Å². The maximum atomic E-state index is 12.0. The second kappa shape index (κ2) is 6.58. The fourth-order valence-electron chi connectivity index (χ4n) is 2.49. The Balaban J connectivity index is 1.74. The number of halogens is 1. The van der Waals surface area contributed by atoms with E-state index in [1.54, 1.807) is 0 Å². The Morgan fingerprint density at radius 3 is 2.88 bits per heavy atom. The third-order valence-corrected chi connectivity index (χ3v) is 5.05. The van der Waals surface area contributed by atoms with Crippen molar-refractivity contribution in [3.05, 3.63) is 54.2 Å². The van der Waals surface area contributed by atoms with Gasteiger partial charge in [0.25, 0.3) is 11.6 Å². The molecule has 9 heteroatoms. The highest BCUT2D eigenvalue weighted by atomic mass is 35.5. The summed E-state index contributed by atoms with van der Waals surface area (Å²) in [5.41, 5.74) is 2.82. The van der Waals surface area contributed by atoms with E-state index in [0.29, 0.717) is 4.88 Å². The molecule has 1 heterocycles. The molecule has 0 fully saturated rings. The minimum absolute atomic E-state index is 0.0451. The van der Waals surface area contributed by atoms with E-state index in [9.17, 15) is 20.0 Å². The Morgan fingerprint density at radius 2 is 2.17 bits per heavy atom. The van der Waals surface area contributed by atoms with Crippen LogP contribution < -0.4 is 10.5 Å². The normalized spacial score (nSPS) is 13.2. The number of nitro benzene ring substituents is 1. The molecule has 0 saturated carbocycles. The van der Waals surface area contributed by atoms with Crippen LogP contribution in [-0.4, -0.2) is 17.0 Å². The molecule has 1 aromatic carbocycles. The maximum Gasteiger partial charge on any atom is 0.281 e. The Hall–Kier alpha value is -2.45. The monoisotopic (exact) mass is 364 g/mol. The van der Waals surface area contributed by atoms with Gasteiger partial charge < -0.3 is 5.11 Å². The zero-order valence-corrected chi connectivity index (χ0v) is 13.8. The SMILES string of the molecule is O=C(N/N=C\c1cc(Cl)cc([N+](=O)[O-])c1[O-])c1cc2c(s1)CCC2. The number of hydrogen-bond acceptors (Lipinski definition) is 6. The van der Waals surface area contributed by atoms with Crippen LogP contribution in [-0.2, 0) is 12.8 Å². The Bertz CT molecular complexity index is 841. The van der Waals surface area contributed by atoms with Crippen molar-refractivity contribution >= 4 is 40.7 Å². The number of hydrogen-bond donors (Lipinski definition) is 1. The first-order valence-electron chi connectivity index (χ1n) is 7.05. The average molecular weight is 365 g/mol. The summed E-state index contributed by atoms with van der Waals surface area (Å²) < 4.78 is 0. The molecule has 1 aliphatic carbocycles. The molecule has 1 N–H and O–H groups in total. The second-order valence-corrected chi connectivity index (χ2v) is 6.79. The number of carbonyl (C=O) groups is 1. The van der Waals surface area contributed by atoms with E-state index in [1.165, 1.54) is 27.8 Å². The number of rotatable bonds is 4. The summed E-state index contributed by atoms with van der Waals surface area (Å²) in [6.07, 6.45) is 4.14. The van der Waals surface area contributed by atoms with Gasteiger partial charge in [0.15, 0.2) is 0 Å². The predicted molar refractivity (Wildman–Crippen MR) is 89.0 cm³/mol. The van der Waals surface area contributed by atoms with Gasteiger partial charge in [-0.3, -0.25) is 14.9 Å². The minimum Gasteiger partial charge on any atom is -0.867 e. The molecule has 24 heavy (non-hydrogen) atoms. The van der Waals surface area contributed by atoms with Gasteiger partial charge >= 0.3 is 0 Å². The number of benzene rings is 1. The molecule has 0 spiro atoms. The number of nitrogens with one attached hydrogen (secondary N) is 1. The summed E-state index contributed by atoms with van der Waals surface area (Å²) in [7, 11) is 0. The summed E-state index contributed by atoms with van der Waals surface area (Å²) >= 11 is 7.19. The summed E-state index contributed by atoms with van der Waals surface area (Å²) in [5.74, 6) is -1.19. The molecule has 1 aliphatic rings. The van der Waals surface area contributed by atoms with Gasteiger partial charge in [0.05, 0.1) is 16.0 Å². The average Bonchev–Trinajstić information content (AvgIpc) is 3.11. The van der Waals surface area contributed by atoms with Crippen LogP contribution >= 0.6 is 22.9 Å². The Morgan fingerprint density at radius 1 is 1.38 bits per heavy atom. The van der Waals surface area contributed by atoms with E-state index in [1.807, 2.05) is 6.07 Å². The topological polar surface area (TPSA) is 108 Å². The predicted octanol–water partition coefficient (Wildman–Crippen LogP) is 2.64. The molecule has 7 nitrogen and oxygen atoms in total. The van der Waals surface area contributed by atoms with Crippen molar-refractivity contribution in [2.45, 2.75) is 19.3 Å². The van der Waals surface area contributed by atoms with Crippen molar-refractivity contribution in [1.29, 1.82) is 0 Å². The smallest absolute Gasteiger partial charge is 0.281 e. The van der Waals surface area contributed by atoms with Crippen molar-refractivity contribution in [1.82, 2.24) is 5.43 Å². The number of nitrogens with zero attached hydrogens (tertiary/aromatic N) is 2. The highest BCUT2D eigenvalue weighted by molar-refractivity contribution is 7.14. The third kappa shape index (κ3) is 3.24. The fourth-order valence-corrected chi connectivity index (χ4v) is 3.85. The Labute approximate surface area is 145 Å². The number of nitro groups is 1. The standard InChI is InChI=1S/C15H12ClN3O4S/c16-10-4-9(14(20)11(6-10)19(22)23)7-17-18-15(21)13-5-8-2-1-3-12(8)24-13/h4-7,20H,1-3H2,(H,18,21)/p-1/b17-7-. The van der Waals surface area contributed by atoms with Crippen molar-refractivity contribution in [2.75, 3.05) is 0 Å². The molecular formula is C15H11ClN3O4S-. The van der Waals surface area contributed by atoms with E-state index in [0.717, 1.165) is 31.5 Å². The summed E-state index contributed by atoms with van der Waals surface area (Å²) in [5, 5.41) is 26.4.